The largest absolute Gasteiger partial charge is 0.313 e. The predicted molar refractivity (Wildman–Crippen MR) is 126 cm³/mol. The maximum atomic E-state index is 12.9. The van der Waals surface area contributed by atoms with Crippen LogP contribution in [-0.4, -0.2) is 23.9 Å². The van der Waals surface area contributed by atoms with Gasteiger partial charge in [0.1, 0.15) is 5.00 Å². The maximum Gasteiger partial charge on any atom is 0.256 e. The van der Waals surface area contributed by atoms with Gasteiger partial charge in [-0.2, -0.15) is 0 Å². The summed E-state index contributed by atoms with van der Waals surface area (Å²) in [5, 5.41) is 4.22. The summed E-state index contributed by atoms with van der Waals surface area (Å²) in [6, 6.07) is 20.4. The standard InChI is InChI=1S/C26H30N2OS/c1-18-14-16-28(17-15-18)24(21-10-6-4-7-11-21)23-19(2)20(3)30-26(23)27-25(29)22-12-8-5-9-13-22/h4-13,18,24H,14-17H2,1-3H3,(H,27,29)/t24-/m1/s1. The van der Waals surface area contributed by atoms with Crippen LogP contribution in [0.2, 0.25) is 0 Å². The third-order valence-electron chi connectivity index (χ3n) is 6.27. The molecule has 0 radical (unpaired) electrons. The highest BCUT2D eigenvalue weighted by molar-refractivity contribution is 7.16. The Morgan fingerprint density at radius 2 is 1.60 bits per heavy atom. The lowest BCUT2D eigenvalue weighted by Crippen LogP contribution is -2.37. The highest BCUT2D eigenvalue weighted by Crippen LogP contribution is 2.43. The van der Waals surface area contributed by atoms with E-state index in [1.54, 1.807) is 11.3 Å². The Balaban J connectivity index is 1.74. The second kappa shape index (κ2) is 9.15. The summed E-state index contributed by atoms with van der Waals surface area (Å²) >= 11 is 1.69. The van der Waals surface area contributed by atoms with Crippen molar-refractivity contribution in [3.05, 3.63) is 87.8 Å². The summed E-state index contributed by atoms with van der Waals surface area (Å²) in [6.07, 6.45) is 2.44. The van der Waals surface area contributed by atoms with Crippen molar-refractivity contribution in [1.29, 1.82) is 0 Å². The fraction of sp³-hybridized carbons (Fsp3) is 0.346. The van der Waals surface area contributed by atoms with Crippen molar-refractivity contribution < 1.29 is 4.79 Å². The van der Waals surface area contributed by atoms with Gasteiger partial charge >= 0.3 is 0 Å². The zero-order chi connectivity index (χ0) is 21.1. The van der Waals surface area contributed by atoms with Crippen LogP contribution in [0, 0.1) is 19.8 Å². The summed E-state index contributed by atoms with van der Waals surface area (Å²) < 4.78 is 0. The lowest BCUT2D eigenvalue weighted by Gasteiger charge is -2.37. The van der Waals surface area contributed by atoms with Gasteiger partial charge in [-0.15, -0.1) is 11.3 Å². The number of carbonyl (C=O) groups is 1. The van der Waals surface area contributed by atoms with Crippen LogP contribution in [0.3, 0.4) is 0 Å². The van der Waals surface area contributed by atoms with Crippen LogP contribution in [0.5, 0.6) is 0 Å². The number of rotatable bonds is 5. The van der Waals surface area contributed by atoms with E-state index >= 15 is 0 Å². The molecule has 3 aromatic rings. The second-order valence-corrected chi connectivity index (χ2v) is 9.60. The number of nitrogens with zero attached hydrogens (tertiary/aromatic N) is 1. The molecule has 156 valence electrons. The number of aryl methyl sites for hydroxylation is 1. The van der Waals surface area contributed by atoms with Gasteiger partial charge in [-0.25, -0.2) is 0 Å². The van der Waals surface area contributed by atoms with Gasteiger partial charge in [-0.05, 0) is 69.0 Å². The molecule has 1 fully saturated rings. The van der Waals surface area contributed by atoms with Crippen molar-refractivity contribution in [1.82, 2.24) is 4.90 Å². The van der Waals surface area contributed by atoms with Crippen molar-refractivity contribution in [2.45, 2.75) is 39.7 Å². The zero-order valence-electron chi connectivity index (χ0n) is 18.0. The van der Waals surface area contributed by atoms with Crippen molar-refractivity contribution >= 4 is 22.2 Å². The van der Waals surface area contributed by atoms with E-state index < -0.39 is 0 Å². The van der Waals surface area contributed by atoms with E-state index in [0.29, 0.717) is 5.56 Å². The summed E-state index contributed by atoms with van der Waals surface area (Å²) in [4.78, 5) is 16.8. The van der Waals surface area contributed by atoms with E-state index in [2.05, 4.69) is 61.3 Å². The molecule has 1 N–H and O–H groups in total. The number of likely N-dealkylation sites (tertiary alicyclic amines) is 1. The Morgan fingerprint density at radius 3 is 2.23 bits per heavy atom. The molecule has 1 aliphatic rings. The molecule has 4 rings (SSSR count). The number of thiophene rings is 1. The highest BCUT2D eigenvalue weighted by atomic mass is 32.1. The number of piperidine rings is 1. The molecule has 0 spiro atoms. The normalized spacial score (nSPS) is 16.4. The third kappa shape index (κ3) is 4.35. The Labute approximate surface area is 183 Å². The molecule has 1 aliphatic heterocycles. The van der Waals surface area contributed by atoms with E-state index in [0.717, 1.165) is 24.0 Å². The first-order chi connectivity index (χ1) is 14.5. The molecule has 1 amide bonds. The molecule has 2 heterocycles. The molecule has 0 aliphatic carbocycles. The molecule has 3 nitrogen and oxygen atoms in total. The zero-order valence-corrected chi connectivity index (χ0v) is 18.8. The molecular formula is C26H30N2OS. The molecule has 30 heavy (non-hydrogen) atoms. The molecule has 2 aromatic carbocycles. The number of hydrogen-bond acceptors (Lipinski definition) is 3. The molecule has 0 bridgehead atoms. The first-order valence-corrected chi connectivity index (χ1v) is 11.6. The van der Waals surface area contributed by atoms with Crippen molar-refractivity contribution in [2.24, 2.45) is 5.92 Å². The molecule has 0 saturated carbocycles. The number of benzene rings is 2. The number of nitrogens with one attached hydrogen (secondary N) is 1. The summed E-state index contributed by atoms with van der Waals surface area (Å²) in [7, 11) is 0. The van der Waals surface area contributed by atoms with E-state index in [4.69, 9.17) is 0 Å². The summed E-state index contributed by atoms with van der Waals surface area (Å²) in [5.74, 6) is 0.734. The van der Waals surface area contributed by atoms with E-state index in [1.807, 2.05) is 30.3 Å². The third-order valence-corrected chi connectivity index (χ3v) is 7.41. The smallest absolute Gasteiger partial charge is 0.256 e. The Hall–Kier alpha value is -2.43. The minimum atomic E-state index is -0.0443. The monoisotopic (exact) mass is 418 g/mol. The van der Waals surface area contributed by atoms with Crippen molar-refractivity contribution in [3.63, 3.8) is 0 Å². The number of hydrogen-bond donors (Lipinski definition) is 1. The van der Waals surface area contributed by atoms with Gasteiger partial charge in [0.25, 0.3) is 5.91 Å². The number of amides is 1. The van der Waals surface area contributed by atoms with Gasteiger partial charge in [0.05, 0.1) is 6.04 Å². The second-order valence-electron chi connectivity index (χ2n) is 8.38. The van der Waals surface area contributed by atoms with Crippen molar-refractivity contribution in [3.8, 4) is 0 Å². The SMILES string of the molecule is Cc1sc(NC(=O)c2ccccc2)c([C@@H](c2ccccc2)N2CCC(C)CC2)c1C. The molecule has 0 unspecified atom stereocenters. The maximum absolute atomic E-state index is 12.9. The average Bonchev–Trinajstić information content (AvgIpc) is 3.04. The minimum absolute atomic E-state index is 0.0443. The minimum Gasteiger partial charge on any atom is -0.313 e. The van der Waals surface area contributed by atoms with Gasteiger partial charge in [0.15, 0.2) is 0 Å². The molecule has 4 heteroatoms. The first kappa shape index (κ1) is 20.8. The van der Waals surface area contributed by atoms with Crippen LogP contribution < -0.4 is 5.32 Å². The van der Waals surface area contributed by atoms with E-state index in [9.17, 15) is 4.79 Å². The highest BCUT2D eigenvalue weighted by Gasteiger charge is 2.31. The number of anilines is 1. The van der Waals surface area contributed by atoms with Crippen LogP contribution in [0.4, 0.5) is 5.00 Å². The van der Waals surface area contributed by atoms with Gasteiger partial charge in [0.2, 0.25) is 0 Å². The molecule has 1 saturated heterocycles. The summed E-state index contributed by atoms with van der Waals surface area (Å²) in [6.45, 7) is 8.87. The Kier molecular flexibility index (Phi) is 6.35. The Morgan fingerprint density at radius 1 is 1.00 bits per heavy atom. The lowest BCUT2D eigenvalue weighted by atomic mass is 9.91. The van der Waals surface area contributed by atoms with Gasteiger partial charge in [-0.3, -0.25) is 9.69 Å². The first-order valence-electron chi connectivity index (χ1n) is 10.8. The Bertz CT molecular complexity index is 989. The van der Waals surface area contributed by atoms with Crippen LogP contribution >= 0.6 is 11.3 Å². The summed E-state index contributed by atoms with van der Waals surface area (Å²) in [5.41, 5.74) is 4.52. The molecular weight excluding hydrogens is 388 g/mol. The topological polar surface area (TPSA) is 32.3 Å². The van der Waals surface area contributed by atoms with Crippen LogP contribution in [0.1, 0.15) is 57.7 Å². The van der Waals surface area contributed by atoms with Gasteiger partial charge < -0.3 is 5.32 Å². The van der Waals surface area contributed by atoms with Gasteiger partial charge in [-0.1, -0.05) is 55.5 Å². The average molecular weight is 419 g/mol. The van der Waals surface area contributed by atoms with E-state index in [1.165, 1.54) is 34.4 Å². The van der Waals surface area contributed by atoms with Crippen LogP contribution in [0.15, 0.2) is 60.7 Å². The fourth-order valence-corrected chi connectivity index (χ4v) is 5.40. The molecule has 1 atom stereocenters. The quantitative estimate of drug-likeness (QED) is 0.517. The van der Waals surface area contributed by atoms with Gasteiger partial charge in [0, 0.05) is 16.0 Å². The fourth-order valence-electron chi connectivity index (χ4n) is 4.31. The number of carbonyl (C=O) groups excluding carboxylic acids is 1. The molecule has 1 aromatic heterocycles. The van der Waals surface area contributed by atoms with Crippen molar-refractivity contribution in [2.75, 3.05) is 18.4 Å². The van der Waals surface area contributed by atoms with Crippen LogP contribution in [0.25, 0.3) is 0 Å². The lowest BCUT2D eigenvalue weighted by molar-refractivity contribution is 0.102. The predicted octanol–water partition coefficient (Wildman–Crippen LogP) is 6.44. The van der Waals surface area contributed by atoms with Crippen LogP contribution in [-0.2, 0) is 0 Å². The van der Waals surface area contributed by atoms with E-state index in [-0.39, 0.29) is 11.9 Å².